The van der Waals surface area contributed by atoms with E-state index in [1.54, 1.807) is 0 Å². The lowest BCUT2D eigenvalue weighted by Crippen LogP contribution is -2.26. The van der Waals surface area contributed by atoms with Gasteiger partial charge in [0.15, 0.2) is 0 Å². The van der Waals surface area contributed by atoms with Crippen LogP contribution in [0.4, 0.5) is 0 Å². The molecule has 0 fully saturated rings. The molecule has 0 aromatic carbocycles. The molecule has 0 heterocycles. The molecule has 0 spiro atoms. The van der Waals surface area contributed by atoms with Gasteiger partial charge in [0.2, 0.25) is 0 Å². The number of hydrogen-bond donors (Lipinski definition) is 1. The molecule has 0 aromatic heterocycles. The molecule has 0 bridgehead atoms. The zero-order valence-corrected chi connectivity index (χ0v) is 19.8. The second kappa shape index (κ2) is 18.0. The lowest BCUT2D eigenvalue weighted by molar-refractivity contribution is 0.117. The molecule has 0 amide bonds. The predicted octanol–water partition coefficient (Wildman–Crippen LogP) is 9.07. The Morgan fingerprint density at radius 2 is 0.963 bits per heavy atom. The zero-order valence-electron chi connectivity index (χ0n) is 19.8. The van der Waals surface area contributed by atoms with E-state index in [2.05, 4.69) is 27.7 Å². The largest absolute Gasteiger partial charge is 0.393 e. The van der Waals surface area contributed by atoms with Crippen molar-refractivity contribution in [1.82, 2.24) is 0 Å². The molecule has 1 nitrogen and oxygen atoms in total. The first-order chi connectivity index (χ1) is 13.0. The predicted molar refractivity (Wildman–Crippen MR) is 123 cm³/mol. The number of rotatable bonds is 20. The summed E-state index contributed by atoms with van der Waals surface area (Å²) in [6.45, 7) is 11.5. The van der Waals surface area contributed by atoms with Crippen molar-refractivity contribution in [2.45, 2.75) is 156 Å². The van der Waals surface area contributed by atoms with Crippen LogP contribution in [0.15, 0.2) is 0 Å². The van der Waals surface area contributed by atoms with Gasteiger partial charge in [0, 0.05) is 0 Å². The lowest BCUT2D eigenvalue weighted by Gasteiger charge is -2.37. The van der Waals surface area contributed by atoms with Gasteiger partial charge in [-0.1, -0.05) is 118 Å². The van der Waals surface area contributed by atoms with E-state index in [0.29, 0.717) is 5.41 Å². The number of hydrogen-bond acceptors (Lipinski definition) is 1. The highest BCUT2D eigenvalue weighted by Crippen LogP contribution is 2.41. The summed E-state index contributed by atoms with van der Waals surface area (Å²) in [5, 5.41) is 9.70. The first-order valence-corrected chi connectivity index (χ1v) is 12.6. The quantitative estimate of drug-likeness (QED) is 0.208. The third-order valence-electron chi connectivity index (χ3n) is 6.91. The third kappa shape index (κ3) is 15.5. The average molecular weight is 383 g/mol. The van der Waals surface area contributed by atoms with Crippen LogP contribution in [0.5, 0.6) is 0 Å². The van der Waals surface area contributed by atoms with Gasteiger partial charge in [-0.2, -0.15) is 0 Å². The molecule has 3 atom stereocenters. The SMILES string of the molecule is CCCCCCCCCCC(C)(CCCCCCCC)C(C)CCC(C)O. The fourth-order valence-corrected chi connectivity index (χ4v) is 4.43. The summed E-state index contributed by atoms with van der Waals surface area (Å²) in [5.41, 5.74) is 0.474. The molecule has 27 heavy (non-hydrogen) atoms. The summed E-state index contributed by atoms with van der Waals surface area (Å²) in [7, 11) is 0. The Morgan fingerprint density at radius 3 is 1.33 bits per heavy atom. The van der Waals surface area contributed by atoms with Crippen molar-refractivity contribution in [1.29, 1.82) is 0 Å². The van der Waals surface area contributed by atoms with E-state index in [1.807, 2.05) is 6.92 Å². The highest BCUT2D eigenvalue weighted by atomic mass is 16.3. The Balaban J connectivity index is 4.21. The van der Waals surface area contributed by atoms with Crippen LogP contribution in [0, 0.1) is 11.3 Å². The third-order valence-corrected chi connectivity index (χ3v) is 6.91. The van der Waals surface area contributed by atoms with E-state index in [9.17, 15) is 5.11 Å². The fourth-order valence-electron chi connectivity index (χ4n) is 4.43. The van der Waals surface area contributed by atoms with E-state index in [1.165, 1.54) is 109 Å². The second-order valence-corrected chi connectivity index (χ2v) is 9.72. The van der Waals surface area contributed by atoms with Crippen LogP contribution in [0.1, 0.15) is 150 Å². The van der Waals surface area contributed by atoms with Crippen LogP contribution in [0.25, 0.3) is 0 Å². The standard InChI is InChI=1S/C26H54O/c1-6-8-10-12-14-15-17-19-23-26(5,24(3)20-21-25(4)27)22-18-16-13-11-9-7-2/h24-25,27H,6-23H2,1-5H3. The molecule has 3 unspecified atom stereocenters. The topological polar surface area (TPSA) is 20.2 Å². The highest BCUT2D eigenvalue weighted by molar-refractivity contribution is 4.81. The average Bonchev–Trinajstić information content (AvgIpc) is 2.64. The van der Waals surface area contributed by atoms with Gasteiger partial charge in [-0.05, 0) is 43.9 Å². The maximum atomic E-state index is 9.70. The van der Waals surface area contributed by atoms with Gasteiger partial charge in [-0.25, -0.2) is 0 Å². The summed E-state index contributed by atoms with van der Waals surface area (Å²) < 4.78 is 0. The Bertz CT molecular complexity index is 299. The lowest BCUT2D eigenvalue weighted by atomic mass is 9.69. The minimum atomic E-state index is -0.145. The van der Waals surface area contributed by atoms with Crippen molar-refractivity contribution in [3.05, 3.63) is 0 Å². The van der Waals surface area contributed by atoms with Crippen LogP contribution in [-0.2, 0) is 0 Å². The molecule has 0 aliphatic heterocycles. The van der Waals surface area contributed by atoms with E-state index >= 15 is 0 Å². The Hall–Kier alpha value is -0.0400. The van der Waals surface area contributed by atoms with Gasteiger partial charge in [0.1, 0.15) is 0 Å². The maximum absolute atomic E-state index is 9.70. The molecule has 0 aromatic rings. The molecule has 0 radical (unpaired) electrons. The van der Waals surface area contributed by atoms with E-state index in [-0.39, 0.29) is 6.10 Å². The molecule has 1 heteroatoms. The van der Waals surface area contributed by atoms with Crippen LogP contribution in [0.2, 0.25) is 0 Å². The molecule has 0 rings (SSSR count). The van der Waals surface area contributed by atoms with Crippen molar-refractivity contribution in [3.63, 3.8) is 0 Å². The van der Waals surface area contributed by atoms with Gasteiger partial charge in [-0.3, -0.25) is 0 Å². The molecular formula is C26H54O. The first-order valence-electron chi connectivity index (χ1n) is 12.6. The van der Waals surface area contributed by atoms with Crippen molar-refractivity contribution in [3.8, 4) is 0 Å². The molecule has 0 saturated heterocycles. The number of aliphatic hydroxyl groups is 1. The Morgan fingerprint density at radius 1 is 0.593 bits per heavy atom. The van der Waals surface area contributed by atoms with Gasteiger partial charge in [0.25, 0.3) is 0 Å². The van der Waals surface area contributed by atoms with Gasteiger partial charge in [-0.15, -0.1) is 0 Å². The summed E-state index contributed by atoms with van der Waals surface area (Å²) in [6.07, 6.45) is 24.5. The smallest absolute Gasteiger partial charge is 0.0512 e. The van der Waals surface area contributed by atoms with E-state index in [4.69, 9.17) is 0 Å². The van der Waals surface area contributed by atoms with Crippen molar-refractivity contribution >= 4 is 0 Å². The summed E-state index contributed by atoms with van der Waals surface area (Å²) in [4.78, 5) is 0. The minimum absolute atomic E-state index is 0.145. The van der Waals surface area contributed by atoms with Crippen LogP contribution >= 0.6 is 0 Å². The molecule has 0 saturated carbocycles. The summed E-state index contributed by atoms with van der Waals surface area (Å²) in [6, 6.07) is 0. The number of unbranched alkanes of at least 4 members (excludes halogenated alkanes) is 12. The second-order valence-electron chi connectivity index (χ2n) is 9.72. The molecular weight excluding hydrogens is 328 g/mol. The summed E-state index contributed by atoms with van der Waals surface area (Å²) >= 11 is 0. The van der Waals surface area contributed by atoms with E-state index < -0.39 is 0 Å². The van der Waals surface area contributed by atoms with Gasteiger partial charge < -0.3 is 5.11 Å². The van der Waals surface area contributed by atoms with Crippen molar-refractivity contribution < 1.29 is 5.11 Å². The van der Waals surface area contributed by atoms with Crippen molar-refractivity contribution in [2.24, 2.45) is 11.3 Å². The molecule has 1 N–H and O–H groups in total. The fraction of sp³-hybridized carbons (Fsp3) is 1.00. The Labute approximate surface area is 173 Å². The van der Waals surface area contributed by atoms with E-state index in [0.717, 1.165) is 12.3 Å². The van der Waals surface area contributed by atoms with Crippen LogP contribution < -0.4 is 0 Å². The molecule has 0 aliphatic rings. The first kappa shape index (κ1) is 27.0. The van der Waals surface area contributed by atoms with Crippen molar-refractivity contribution in [2.75, 3.05) is 0 Å². The Kier molecular flexibility index (Phi) is 18.0. The molecule has 0 aliphatic carbocycles. The highest BCUT2D eigenvalue weighted by Gasteiger charge is 2.30. The minimum Gasteiger partial charge on any atom is -0.393 e. The monoisotopic (exact) mass is 382 g/mol. The van der Waals surface area contributed by atoms with Gasteiger partial charge >= 0.3 is 0 Å². The zero-order chi connectivity index (χ0) is 20.4. The van der Waals surface area contributed by atoms with Crippen LogP contribution in [0.3, 0.4) is 0 Å². The molecule has 164 valence electrons. The maximum Gasteiger partial charge on any atom is 0.0512 e. The van der Waals surface area contributed by atoms with Crippen LogP contribution in [-0.4, -0.2) is 11.2 Å². The summed E-state index contributed by atoms with van der Waals surface area (Å²) in [5.74, 6) is 0.729. The number of aliphatic hydroxyl groups excluding tert-OH is 1. The van der Waals surface area contributed by atoms with Gasteiger partial charge in [0.05, 0.1) is 6.10 Å². The normalized spacial score (nSPS) is 16.2.